The summed E-state index contributed by atoms with van der Waals surface area (Å²) in [6.07, 6.45) is 0.935. The van der Waals surface area contributed by atoms with E-state index in [1.807, 2.05) is 32.0 Å². The molecule has 1 aliphatic rings. The highest BCUT2D eigenvalue weighted by Crippen LogP contribution is 2.20. The zero-order chi connectivity index (χ0) is 13.8. The van der Waals surface area contributed by atoms with Crippen molar-refractivity contribution in [1.29, 1.82) is 0 Å². The highest BCUT2D eigenvalue weighted by atomic mass is 16.5. The average Bonchev–Trinajstić information content (AvgIpc) is 2.41. The van der Waals surface area contributed by atoms with Gasteiger partial charge in [-0.2, -0.15) is 0 Å². The summed E-state index contributed by atoms with van der Waals surface area (Å²) in [5.41, 5.74) is 2.21. The van der Waals surface area contributed by atoms with Crippen molar-refractivity contribution in [2.75, 3.05) is 19.7 Å². The number of amides is 1. The van der Waals surface area contributed by atoms with E-state index < -0.39 is 0 Å². The number of carbonyl (C=O) groups excluding carboxylic acids is 2. The van der Waals surface area contributed by atoms with Gasteiger partial charge in [0.15, 0.2) is 6.61 Å². The Hall–Kier alpha value is -1.84. The van der Waals surface area contributed by atoms with Gasteiger partial charge in [0, 0.05) is 25.9 Å². The lowest BCUT2D eigenvalue weighted by Crippen LogP contribution is -2.41. The predicted octanol–water partition coefficient (Wildman–Crippen LogP) is 1.87. The average molecular weight is 261 g/mol. The molecule has 0 radical (unpaired) electrons. The van der Waals surface area contributed by atoms with E-state index in [2.05, 4.69) is 0 Å². The molecule has 4 nitrogen and oxygen atoms in total. The van der Waals surface area contributed by atoms with Crippen molar-refractivity contribution in [1.82, 2.24) is 4.90 Å². The number of hydrogen-bond donors (Lipinski definition) is 0. The Balaban J connectivity index is 1.90. The van der Waals surface area contributed by atoms with Crippen LogP contribution in [0.4, 0.5) is 0 Å². The maximum Gasteiger partial charge on any atom is 0.260 e. The molecule has 1 amide bonds. The molecule has 0 aliphatic carbocycles. The van der Waals surface area contributed by atoms with Crippen molar-refractivity contribution in [2.45, 2.75) is 26.7 Å². The number of benzene rings is 1. The molecule has 1 aromatic carbocycles. The van der Waals surface area contributed by atoms with Gasteiger partial charge in [0.2, 0.25) is 0 Å². The molecule has 0 atom stereocenters. The molecule has 102 valence electrons. The van der Waals surface area contributed by atoms with Crippen LogP contribution in [-0.4, -0.2) is 36.3 Å². The van der Waals surface area contributed by atoms with Gasteiger partial charge in [0.05, 0.1) is 0 Å². The number of rotatable bonds is 3. The highest BCUT2D eigenvalue weighted by molar-refractivity contribution is 5.84. The largest absolute Gasteiger partial charge is 0.483 e. The van der Waals surface area contributed by atoms with Gasteiger partial charge < -0.3 is 9.64 Å². The minimum atomic E-state index is -0.0478. The fraction of sp³-hybridized carbons (Fsp3) is 0.467. The molecule has 4 heteroatoms. The van der Waals surface area contributed by atoms with Crippen molar-refractivity contribution in [3.63, 3.8) is 0 Å². The maximum absolute atomic E-state index is 12.0. The normalized spacial score (nSPS) is 15.5. The number of nitrogens with zero attached hydrogens (tertiary/aromatic N) is 1. The second kappa shape index (κ2) is 5.87. The molecule has 19 heavy (non-hydrogen) atoms. The van der Waals surface area contributed by atoms with E-state index in [-0.39, 0.29) is 18.3 Å². The monoisotopic (exact) mass is 261 g/mol. The number of piperidine rings is 1. The molecular weight excluding hydrogens is 242 g/mol. The summed E-state index contributed by atoms with van der Waals surface area (Å²) >= 11 is 0. The number of ether oxygens (including phenoxy) is 1. The molecule has 0 N–H and O–H groups in total. The van der Waals surface area contributed by atoms with Crippen LogP contribution in [0.15, 0.2) is 18.2 Å². The lowest BCUT2D eigenvalue weighted by atomic mass is 10.1. The van der Waals surface area contributed by atoms with E-state index in [1.54, 1.807) is 4.90 Å². The van der Waals surface area contributed by atoms with Crippen LogP contribution in [0.2, 0.25) is 0 Å². The van der Waals surface area contributed by atoms with Crippen LogP contribution < -0.4 is 4.74 Å². The molecule has 0 bridgehead atoms. The molecule has 1 aromatic rings. The molecule has 1 aliphatic heterocycles. The molecule has 1 heterocycles. The lowest BCUT2D eigenvalue weighted by molar-refractivity contribution is -0.136. The number of aryl methyl sites for hydroxylation is 1. The van der Waals surface area contributed by atoms with E-state index in [1.165, 1.54) is 0 Å². The van der Waals surface area contributed by atoms with Crippen molar-refractivity contribution in [2.24, 2.45) is 0 Å². The Morgan fingerprint density at radius 3 is 2.63 bits per heavy atom. The van der Waals surface area contributed by atoms with Gasteiger partial charge in [0.25, 0.3) is 5.91 Å². The minimum absolute atomic E-state index is 0.0402. The van der Waals surface area contributed by atoms with Crippen LogP contribution in [0.5, 0.6) is 5.75 Å². The second-order valence-corrected chi connectivity index (χ2v) is 4.91. The van der Waals surface area contributed by atoms with Crippen LogP contribution in [0.25, 0.3) is 0 Å². The Morgan fingerprint density at radius 2 is 1.95 bits per heavy atom. The third-order valence-electron chi connectivity index (χ3n) is 3.58. The van der Waals surface area contributed by atoms with E-state index in [0.29, 0.717) is 25.9 Å². The Morgan fingerprint density at radius 1 is 1.26 bits per heavy atom. The second-order valence-electron chi connectivity index (χ2n) is 4.91. The fourth-order valence-corrected chi connectivity index (χ4v) is 2.12. The zero-order valence-electron chi connectivity index (χ0n) is 11.4. The van der Waals surface area contributed by atoms with Crippen LogP contribution in [0.3, 0.4) is 0 Å². The van der Waals surface area contributed by atoms with Gasteiger partial charge in [-0.15, -0.1) is 0 Å². The molecule has 0 aromatic heterocycles. The molecular formula is C15H19NO3. The Labute approximate surface area is 113 Å². The Kier molecular flexibility index (Phi) is 4.20. The van der Waals surface area contributed by atoms with E-state index in [9.17, 15) is 9.59 Å². The zero-order valence-corrected chi connectivity index (χ0v) is 11.4. The Bertz CT molecular complexity index is 486. The van der Waals surface area contributed by atoms with Crippen molar-refractivity contribution in [3.8, 4) is 5.75 Å². The van der Waals surface area contributed by atoms with Gasteiger partial charge >= 0.3 is 0 Å². The third kappa shape index (κ3) is 3.34. The number of ketones is 1. The quantitative estimate of drug-likeness (QED) is 0.834. The smallest absolute Gasteiger partial charge is 0.260 e. The number of likely N-dealkylation sites (tertiary alicyclic amines) is 1. The fourth-order valence-electron chi connectivity index (χ4n) is 2.12. The standard InChI is InChI=1S/C15H19NO3/c1-11-4-3-5-14(12(11)2)19-10-15(18)16-8-6-13(17)7-9-16/h3-5H,6-10H2,1-2H3. The highest BCUT2D eigenvalue weighted by Gasteiger charge is 2.21. The first-order chi connectivity index (χ1) is 9.08. The summed E-state index contributed by atoms with van der Waals surface area (Å²) in [5.74, 6) is 0.939. The molecule has 0 unspecified atom stereocenters. The van der Waals surface area contributed by atoms with E-state index >= 15 is 0 Å². The summed E-state index contributed by atoms with van der Waals surface area (Å²) < 4.78 is 5.58. The molecule has 1 fully saturated rings. The first-order valence-corrected chi connectivity index (χ1v) is 6.56. The molecule has 1 saturated heterocycles. The van der Waals surface area contributed by atoms with Gasteiger partial charge in [-0.1, -0.05) is 12.1 Å². The first-order valence-electron chi connectivity index (χ1n) is 6.56. The predicted molar refractivity (Wildman–Crippen MR) is 72.2 cm³/mol. The van der Waals surface area contributed by atoms with Crippen molar-refractivity contribution >= 4 is 11.7 Å². The topological polar surface area (TPSA) is 46.6 Å². The van der Waals surface area contributed by atoms with E-state index in [4.69, 9.17) is 4.74 Å². The molecule has 0 spiro atoms. The molecule has 2 rings (SSSR count). The van der Waals surface area contributed by atoms with Gasteiger partial charge in [-0.25, -0.2) is 0 Å². The summed E-state index contributed by atoms with van der Waals surface area (Å²) in [6.45, 7) is 5.08. The molecule has 0 saturated carbocycles. The SMILES string of the molecule is Cc1cccc(OCC(=O)N2CCC(=O)CC2)c1C. The van der Waals surface area contributed by atoms with Gasteiger partial charge in [-0.3, -0.25) is 9.59 Å². The van der Waals surface area contributed by atoms with E-state index in [0.717, 1.165) is 16.9 Å². The third-order valence-corrected chi connectivity index (χ3v) is 3.58. The lowest BCUT2D eigenvalue weighted by Gasteiger charge is -2.26. The summed E-state index contributed by atoms with van der Waals surface area (Å²) in [5, 5.41) is 0. The number of Topliss-reactive ketones (excluding diaryl/α,β-unsaturated/α-hetero) is 1. The summed E-state index contributed by atoms with van der Waals surface area (Å²) in [4.78, 5) is 24.8. The van der Waals surface area contributed by atoms with Crippen molar-refractivity contribution in [3.05, 3.63) is 29.3 Å². The van der Waals surface area contributed by atoms with Gasteiger partial charge in [0.1, 0.15) is 11.5 Å². The van der Waals surface area contributed by atoms with Crippen LogP contribution >= 0.6 is 0 Å². The van der Waals surface area contributed by atoms with Crippen molar-refractivity contribution < 1.29 is 14.3 Å². The summed E-state index contributed by atoms with van der Waals surface area (Å²) in [7, 11) is 0. The number of carbonyl (C=O) groups is 2. The summed E-state index contributed by atoms with van der Waals surface area (Å²) in [6, 6.07) is 5.80. The maximum atomic E-state index is 12.0. The van der Waals surface area contributed by atoms with Crippen LogP contribution in [0.1, 0.15) is 24.0 Å². The minimum Gasteiger partial charge on any atom is -0.483 e. The van der Waals surface area contributed by atoms with Crippen LogP contribution in [0, 0.1) is 13.8 Å². The van der Waals surface area contributed by atoms with Gasteiger partial charge in [-0.05, 0) is 31.0 Å². The van der Waals surface area contributed by atoms with Crippen LogP contribution in [-0.2, 0) is 9.59 Å². The first kappa shape index (κ1) is 13.6. The number of hydrogen-bond acceptors (Lipinski definition) is 3.